The van der Waals surface area contributed by atoms with E-state index in [1.807, 2.05) is 43.5 Å². The standard InChI is InChI=1S/C18H21NO2/c1-13-17(18(20)21-15-10-6-3-7-11-15)16(12-19-13)14-8-4-2-5-9-14/h2,4-5,8-9,12,15,19H,3,6-7,10-11H2,1H3. The highest BCUT2D eigenvalue weighted by molar-refractivity contribution is 5.98. The third-order valence-electron chi connectivity index (χ3n) is 4.19. The second-order valence-electron chi connectivity index (χ2n) is 5.73. The van der Waals surface area contributed by atoms with Gasteiger partial charge in [-0.1, -0.05) is 36.8 Å². The fourth-order valence-corrected chi connectivity index (χ4v) is 3.03. The van der Waals surface area contributed by atoms with E-state index in [1.54, 1.807) is 0 Å². The molecule has 1 aliphatic carbocycles. The lowest BCUT2D eigenvalue weighted by atomic mass is 9.97. The van der Waals surface area contributed by atoms with Crippen molar-refractivity contribution in [2.75, 3.05) is 0 Å². The first kappa shape index (κ1) is 13.9. The maximum absolute atomic E-state index is 12.5. The van der Waals surface area contributed by atoms with Crippen LogP contribution in [0.15, 0.2) is 36.5 Å². The summed E-state index contributed by atoms with van der Waals surface area (Å²) in [6, 6.07) is 9.96. The van der Waals surface area contributed by atoms with Gasteiger partial charge in [-0.25, -0.2) is 4.79 Å². The van der Waals surface area contributed by atoms with Crippen molar-refractivity contribution in [3.63, 3.8) is 0 Å². The number of carbonyl (C=O) groups excluding carboxylic acids is 1. The van der Waals surface area contributed by atoms with Crippen molar-refractivity contribution in [3.8, 4) is 11.1 Å². The molecule has 1 aromatic heterocycles. The van der Waals surface area contributed by atoms with Crippen molar-refractivity contribution < 1.29 is 9.53 Å². The molecule has 2 aromatic rings. The minimum absolute atomic E-state index is 0.0872. The topological polar surface area (TPSA) is 42.1 Å². The second kappa shape index (κ2) is 6.17. The average Bonchev–Trinajstić information content (AvgIpc) is 2.91. The van der Waals surface area contributed by atoms with Crippen LogP contribution in [0.2, 0.25) is 0 Å². The van der Waals surface area contributed by atoms with Crippen molar-refractivity contribution in [3.05, 3.63) is 47.8 Å². The van der Waals surface area contributed by atoms with Crippen molar-refractivity contribution in [1.82, 2.24) is 4.98 Å². The van der Waals surface area contributed by atoms with E-state index in [9.17, 15) is 4.79 Å². The third-order valence-corrected chi connectivity index (χ3v) is 4.19. The highest BCUT2D eigenvalue weighted by Crippen LogP contribution is 2.28. The average molecular weight is 283 g/mol. The molecule has 1 fully saturated rings. The van der Waals surface area contributed by atoms with Gasteiger partial charge in [0.1, 0.15) is 6.10 Å². The molecule has 1 N–H and O–H groups in total. The molecule has 3 heteroatoms. The maximum atomic E-state index is 12.5. The number of hydrogen-bond donors (Lipinski definition) is 1. The number of hydrogen-bond acceptors (Lipinski definition) is 2. The van der Waals surface area contributed by atoms with E-state index in [4.69, 9.17) is 4.74 Å². The summed E-state index contributed by atoms with van der Waals surface area (Å²) in [6.07, 6.45) is 7.55. The molecule has 3 rings (SSSR count). The van der Waals surface area contributed by atoms with Crippen LogP contribution in [-0.2, 0) is 4.74 Å². The molecule has 0 aliphatic heterocycles. The Kier molecular flexibility index (Phi) is 4.09. The number of aryl methyl sites for hydroxylation is 1. The van der Waals surface area contributed by atoms with Gasteiger partial charge in [-0.3, -0.25) is 0 Å². The first-order valence-electron chi connectivity index (χ1n) is 7.70. The van der Waals surface area contributed by atoms with Crippen molar-refractivity contribution in [1.29, 1.82) is 0 Å². The molecule has 0 unspecified atom stereocenters. The molecule has 0 spiro atoms. The molecular weight excluding hydrogens is 262 g/mol. The Balaban J connectivity index is 1.84. The van der Waals surface area contributed by atoms with Crippen LogP contribution in [0.25, 0.3) is 11.1 Å². The van der Waals surface area contributed by atoms with Gasteiger partial charge in [-0.05, 0) is 38.2 Å². The molecular formula is C18H21NO2. The summed E-state index contributed by atoms with van der Waals surface area (Å²) in [4.78, 5) is 15.7. The normalized spacial score (nSPS) is 15.9. The predicted molar refractivity (Wildman–Crippen MR) is 83.3 cm³/mol. The SMILES string of the molecule is Cc1[nH]cc(-c2ccccc2)c1C(=O)OC1CCCCC1. The summed E-state index contributed by atoms with van der Waals surface area (Å²) >= 11 is 0. The van der Waals surface area contributed by atoms with E-state index in [0.717, 1.165) is 42.5 Å². The maximum Gasteiger partial charge on any atom is 0.340 e. The van der Waals surface area contributed by atoms with Crippen molar-refractivity contribution in [2.24, 2.45) is 0 Å². The second-order valence-corrected chi connectivity index (χ2v) is 5.73. The van der Waals surface area contributed by atoms with Crippen molar-refractivity contribution in [2.45, 2.75) is 45.1 Å². The predicted octanol–water partition coefficient (Wildman–Crippen LogP) is 4.48. The first-order chi connectivity index (χ1) is 10.3. The molecule has 1 saturated carbocycles. The number of rotatable bonds is 3. The Bertz CT molecular complexity index is 609. The lowest BCUT2D eigenvalue weighted by Crippen LogP contribution is -2.21. The highest BCUT2D eigenvalue weighted by Gasteiger charge is 2.23. The van der Waals surface area contributed by atoms with Crippen LogP contribution in [0.1, 0.15) is 48.2 Å². The summed E-state index contributed by atoms with van der Waals surface area (Å²) in [6.45, 7) is 1.92. The van der Waals surface area contributed by atoms with Gasteiger partial charge in [0.25, 0.3) is 0 Å². The van der Waals surface area contributed by atoms with E-state index in [-0.39, 0.29) is 12.1 Å². The zero-order valence-electron chi connectivity index (χ0n) is 12.4. The Morgan fingerprint density at radius 2 is 1.86 bits per heavy atom. The number of nitrogens with one attached hydrogen (secondary N) is 1. The summed E-state index contributed by atoms with van der Waals surface area (Å²) in [5.74, 6) is -0.195. The van der Waals surface area contributed by atoms with Gasteiger partial charge in [0.05, 0.1) is 5.56 Å². The number of ether oxygens (including phenoxy) is 1. The van der Waals surface area contributed by atoms with Crippen LogP contribution in [0.5, 0.6) is 0 Å². The quantitative estimate of drug-likeness (QED) is 0.844. The van der Waals surface area contributed by atoms with Gasteiger partial charge >= 0.3 is 5.97 Å². The lowest BCUT2D eigenvalue weighted by Gasteiger charge is -2.22. The number of carbonyl (C=O) groups is 1. The molecule has 3 nitrogen and oxygen atoms in total. The van der Waals surface area contributed by atoms with Crippen LogP contribution in [0, 0.1) is 6.92 Å². The zero-order valence-corrected chi connectivity index (χ0v) is 12.4. The number of esters is 1. The van der Waals surface area contributed by atoms with Gasteiger partial charge in [0.2, 0.25) is 0 Å². The number of benzene rings is 1. The van der Waals surface area contributed by atoms with Crippen LogP contribution in [-0.4, -0.2) is 17.1 Å². The first-order valence-corrected chi connectivity index (χ1v) is 7.70. The van der Waals surface area contributed by atoms with Crippen LogP contribution in [0.3, 0.4) is 0 Å². The van der Waals surface area contributed by atoms with E-state index in [1.165, 1.54) is 6.42 Å². The van der Waals surface area contributed by atoms with E-state index in [0.29, 0.717) is 5.56 Å². The molecule has 21 heavy (non-hydrogen) atoms. The van der Waals surface area contributed by atoms with Crippen molar-refractivity contribution >= 4 is 5.97 Å². The van der Waals surface area contributed by atoms with Gasteiger partial charge in [-0.15, -0.1) is 0 Å². The summed E-state index contributed by atoms with van der Waals surface area (Å²) in [7, 11) is 0. The molecule has 1 aromatic carbocycles. The van der Waals surface area contributed by atoms with Crippen LogP contribution in [0.4, 0.5) is 0 Å². The number of H-pyrrole nitrogens is 1. The van der Waals surface area contributed by atoms with Gasteiger partial charge in [-0.2, -0.15) is 0 Å². The third kappa shape index (κ3) is 3.02. The smallest absolute Gasteiger partial charge is 0.340 e. The lowest BCUT2D eigenvalue weighted by molar-refractivity contribution is 0.0211. The molecule has 0 saturated heterocycles. The van der Waals surface area contributed by atoms with Gasteiger partial charge in [0.15, 0.2) is 0 Å². The molecule has 0 amide bonds. The number of aromatic nitrogens is 1. The van der Waals surface area contributed by atoms with Crippen LogP contribution >= 0.6 is 0 Å². The van der Waals surface area contributed by atoms with Gasteiger partial charge < -0.3 is 9.72 Å². The summed E-state index contributed by atoms with van der Waals surface area (Å²) < 4.78 is 5.72. The fourth-order valence-electron chi connectivity index (χ4n) is 3.03. The molecule has 1 heterocycles. The number of aromatic amines is 1. The fraction of sp³-hybridized carbons (Fsp3) is 0.389. The molecule has 0 bridgehead atoms. The van der Waals surface area contributed by atoms with E-state index < -0.39 is 0 Å². The Morgan fingerprint density at radius 3 is 2.57 bits per heavy atom. The Labute approximate surface area is 125 Å². The minimum Gasteiger partial charge on any atom is -0.459 e. The summed E-state index contributed by atoms with van der Waals surface area (Å²) in [5, 5.41) is 0. The van der Waals surface area contributed by atoms with Crippen LogP contribution < -0.4 is 0 Å². The monoisotopic (exact) mass is 283 g/mol. The van der Waals surface area contributed by atoms with E-state index >= 15 is 0 Å². The Hall–Kier alpha value is -2.03. The van der Waals surface area contributed by atoms with E-state index in [2.05, 4.69) is 4.98 Å². The molecule has 0 atom stereocenters. The zero-order chi connectivity index (χ0) is 14.7. The van der Waals surface area contributed by atoms with Gasteiger partial charge in [0, 0.05) is 17.5 Å². The molecule has 0 radical (unpaired) electrons. The summed E-state index contributed by atoms with van der Waals surface area (Å²) in [5.41, 5.74) is 3.51. The minimum atomic E-state index is -0.195. The highest BCUT2D eigenvalue weighted by atomic mass is 16.5. The molecule has 110 valence electrons. The molecule has 1 aliphatic rings. The largest absolute Gasteiger partial charge is 0.459 e. The Morgan fingerprint density at radius 1 is 1.14 bits per heavy atom.